The molecule has 1 atom stereocenters. The predicted molar refractivity (Wildman–Crippen MR) is 85.0 cm³/mol. The van der Waals surface area contributed by atoms with E-state index in [1.54, 1.807) is 14.0 Å². The third-order valence-corrected chi connectivity index (χ3v) is 5.15. The Bertz CT molecular complexity index is 535. The van der Waals surface area contributed by atoms with Gasteiger partial charge in [-0.25, -0.2) is 0 Å². The maximum Gasteiger partial charge on any atom is 0.219 e. The van der Waals surface area contributed by atoms with Gasteiger partial charge in [0.1, 0.15) is 5.75 Å². The standard InChI is InChI=1S/C18H25NO3/c1-14(20)19-8-6-18(7-9-19)12-17(22-13-18)11-15-4-3-5-16(10-15)21-2/h3-5,10,17H,6-9,11-13H2,1-2H3/t17-/m0/s1. The SMILES string of the molecule is COc1cccc(C[C@H]2CC3(CCN(C(C)=O)CC3)CO2)c1. The summed E-state index contributed by atoms with van der Waals surface area (Å²) in [6.45, 7) is 4.26. The van der Waals surface area contributed by atoms with E-state index in [1.807, 2.05) is 17.0 Å². The zero-order valence-corrected chi connectivity index (χ0v) is 13.5. The minimum Gasteiger partial charge on any atom is -0.497 e. The van der Waals surface area contributed by atoms with Gasteiger partial charge in [0, 0.05) is 20.0 Å². The smallest absolute Gasteiger partial charge is 0.219 e. The highest BCUT2D eigenvalue weighted by Crippen LogP contribution is 2.42. The Morgan fingerprint density at radius 2 is 2.18 bits per heavy atom. The van der Waals surface area contributed by atoms with Crippen LogP contribution in [-0.2, 0) is 16.0 Å². The van der Waals surface area contributed by atoms with Crippen LogP contribution >= 0.6 is 0 Å². The first-order chi connectivity index (χ1) is 10.6. The summed E-state index contributed by atoms with van der Waals surface area (Å²) < 4.78 is 11.4. The molecule has 0 saturated carbocycles. The summed E-state index contributed by atoms with van der Waals surface area (Å²) >= 11 is 0. The van der Waals surface area contributed by atoms with Crippen molar-refractivity contribution in [2.24, 2.45) is 5.41 Å². The fraction of sp³-hybridized carbons (Fsp3) is 0.611. The highest BCUT2D eigenvalue weighted by molar-refractivity contribution is 5.73. The van der Waals surface area contributed by atoms with E-state index in [4.69, 9.17) is 9.47 Å². The average molecular weight is 303 g/mol. The van der Waals surface area contributed by atoms with E-state index in [2.05, 4.69) is 12.1 Å². The van der Waals surface area contributed by atoms with Crippen LogP contribution in [0.5, 0.6) is 5.75 Å². The van der Waals surface area contributed by atoms with Crippen molar-refractivity contribution in [3.63, 3.8) is 0 Å². The highest BCUT2D eigenvalue weighted by Gasteiger charge is 2.42. The van der Waals surface area contributed by atoms with Crippen LogP contribution in [0.25, 0.3) is 0 Å². The van der Waals surface area contributed by atoms with E-state index in [0.29, 0.717) is 0 Å². The summed E-state index contributed by atoms with van der Waals surface area (Å²) in [5, 5.41) is 0. The summed E-state index contributed by atoms with van der Waals surface area (Å²) in [7, 11) is 1.70. The maximum atomic E-state index is 11.5. The first kappa shape index (κ1) is 15.3. The van der Waals surface area contributed by atoms with Crippen molar-refractivity contribution < 1.29 is 14.3 Å². The molecule has 1 amide bonds. The number of piperidine rings is 1. The van der Waals surface area contributed by atoms with Crippen LogP contribution in [0.4, 0.5) is 0 Å². The monoisotopic (exact) mass is 303 g/mol. The van der Waals surface area contributed by atoms with E-state index in [0.717, 1.165) is 51.1 Å². The summed E-state index contributed by atoms with van der Waals surface area (Å²) in [6.07, 6.45) is 4.48. The first-order valence-electron chi connectivity index (χ1n) is 8.10. The number of carbonyl (C=O) groups excluding carboxylic acids is 1. The van der Waals surface area contributed by atoms with E-state index < -0.39 is 0 Å². The molecule has 2 heterocycles. The zero-order chi connectivity index (χ0) is 15.6. The first-order valence-corrected chi connectivity index (χ1v) is 8.10. The largest absolute Gasteiger partial charge is 0.497 e. The molecule has 0 aliphatic carbocycles. The Kier molecular flexibility index (Phi) is 4.39. The van der Waals surface area contributed by atoms with Crippen molar-refractivity contribution in [1.29, 1.82) is 0 Å². The van der Waals surface area contributed by atoms with Crippen LogP contribution < -0.4 is 4.74 Å². The second-order valence-corrected chi connectivity index (χ2v) is 6.70. The van der Waals surface area contributed by atoms with Crippen LogP contribution in [0.15, 0.2) is 24.3 Å². The average Bonchev–Trinajstić information content (AvgIpc) is 2.90. The van der Waals surface area contributed by atoms with Crippen LogP contribution in [0.1, 0.15) is 31.7 Å². The Morgan fingerprint density at radius 3 is 2.86 bits per heavy atom. The van der Waals surface area contributed by atoms with Crippen LogP contribution in [0.2, 0.25) is 0 Å². The number of hydrogen-bond donors (Lipinski definition) is 0. The van der Waals surface area contributed by atoms with Crippen LogP contribution in [0.3, 0.4) is 0 Å². The van der Waals surface area contributed by atoms with Gasteiger partial charge in [-0.3, -0.25) is 4.79 Å². The van der Waals surface area contributed by atoms with E-state index in [9.17, 15) is 4.79 Å². The van der Waals surface area contributed by atoms with Gasteiger partial charge < -0.3 is 14.4 Å². The Hall–Kier alpha value is -1.55. The molecule has 1 aromatic carbocycles. The van der Waals surface area contributed by atoms with Gasteiger partial charge in [0.2, 0.25) is 5.91 Å². The molecular weight excluding hydrogens is 278 g/mol. The second kappa shape index (κ2) is 6.29. The molecule has 4 heteroatoms. The minimum atomic E-state index is 0.196. The molecule has 2 aliphatic heterocycles. The molecule has 0 unspecified atom stereocenters. The Labute approximate surface area is 132 Å². The van der Waals surface area contributed by atoms with Gasteiger partial charge in [0.15, 0.2) is 0 Å². The molecule has 0 radical (unpaired) electrons. The molecule has 120 valence electrons. The zero-order valence-electron chi connectivity index (χ0n) is 13.5. The molecular formula is C18H25NO3. The number of carbonyl (C=O) groups is 1. The number of amides is 1. The minimum absolute atomic E-state index is 0.196. The van der Waals surface area contributed by atoms with Gasteiger partial charge in [0.05, 0.1) is 19.8 Å². The van der Waals surface area contributed by atoms with E-state index >= 15 is 0 Å². The normalized spacial score (nSPS) is 23.7. The number of ether oxygens (including phenoxy) is 2. The van der Waals surface area contributed by atoms with Gasteiger partial charge in [0.25, 0.3) is 0 Å². The quantitative estimate of drug-likeness (QED) is 0.861. The number of rotatable bonds is 3. The molecule has 1 aromatic rings. The fourth-order valence-corrected chi connectivity index (χ4v) is 3.73. The lowest BCUT2D eigenvalue weighted by molar-refractivity contribution is -0.131. The molecule has 22 heavy (non-hydrogen) atoms. The third kappa shape index (κ3) is 3.27. The molecule has 2 aliphatic rings. The Morgan fingerprint density at radius 1 is 1.41 bits per heavy atom. The molecule has 3 rings (SSSR count). The lowest BCUT2D eigenvalue weighted by atomic mass is 9.76. The third-order valence-electron chi connectivity index (χ3n) is 5.15. The summed E-state index contributed by atoms with van der Waals surface area (Å²) in [6, 6.07) is 8.23. The van der Waals surface area contributed by atoms with Crippen molar-refractivity contribution in [3.05, 3.63) is 29.8 Å². The number of likely N-dealkylation sites (tertiary alicyclic amines) is 1. The van der Waals surface area contributed by atoms with Crippen LogP contribution in [-0.4, -0.2) is 43.7 Å². The molecule has 1 spiro atoms. The van der Waals surface area contributed by atoms with E-state index in [-0.39, 0.29) is 17.4 Å². The topological polar surface area (TPSA) is 38.8 Å². The lowest BCUT2D eigenvalue weighted by Crippen LogP contribution is -2.42. The van der Waals surface area contributed by atoms with Gasteiger partial charge in [-0.05, 0) is 48.8 Å². The fourth-order valence-electron chi connectivity index (χ4n) is 3.73. The summed E-state index contributed by atoms with van der Waals surface area (Å²) in [4.78, 5) is 13.4. The molecule has 2 fully saturated rings. The number of benzene rings is 1. The van der Waals surface area contributed by atoms with Crippen molar-refractivity contribution >= 4 is 5.91 Å². The maximum absolute atomic E-state index is 11.5. The number of nitrogens with zero attached hydrogens (tertiary/aromatic N) is 1. The van der Waals surface area contributed by atoms with Gasteiger partial charge in [-0.1, -0.05) is 12.1 Å². The highest BCUT2D eigenvalue weighted by atomic mass is 16.5. The lowest BCUT2D eigenvalue weighted by Gasteiger charge is -2.38. The van der Waals surface area contributed by atoms with Gasteiger partial charge in [-0.15, -0.1) is 0 Å². The predicted octanol–water partition coefficient (Wildman–Crippen LogP) is 2.66. The Balaban J connectivity index is 1.57. The van der Waals surface area contributed by atoms with Crippen molar-refractivity contribution in [2.45, 2.75) is 38.7 Å². The molecule has 4 nitrogen and oxygen atoms in total. The van der Waals surface area contributed by atoms with Gasteiger partial charge in [-0.2, -0.15) is 0 Å². The van der Waals surface area contributed by atoms with Crippen LogP contribution in [0, 0.1) is 5.41 Å². The second-order valence-electron chi connectivity index (χ2n) is 6.70. The summed E-state index contributed by atoms with van der Waals surface area (Å²) in [5.41, 5.74) is 1.55. The molecule has 0 aromatic heterocycles. The molecule has 0 bridgehead atoms. The molecule has 2 saturated heterocycles. The molecule has 0 N–H and O–H groups in total. The van der Waals surface area contributed by atoms with Crippen molar-refractivity contribution in [1.82, 2.24) is 4.90 Å². The van der Waals surface area contributed by atoms with Crippen molar-refractivity contribution in [3.8, 4) is 5.75 Å². The summed E-state index contributed by atoms with van der Waals surface area (Å²) in [5.74, 6) is 1.10. The van der Waals surface area contributed by atoms with Crippen molar-refractivity contribution in [2.75, 3.05) is 26.8 Å². The number of hydrogen-bond acceptors (Lipinski definition) is 3. The number of methoxy groups -OCH3 is 1. The van der Waals surface area contributed by atoms with E-state index in [1.165, 1.54) is 5.56 Å². The van der Waals surface area contributed by atoms with Gasteiger partial charge >= 0.3 is 0 Å².